The van der Waals surface area contributed by atoms with Crippen molar-refractivity contribution in [3.63, 3.8) is 0 Å². The lowest BCUT2D eigenvalue weighted by Gasteiger charge is -2.25. The number of amides is 2. The standard InChI is InChI=1S/C19H24N2O3/c1-19(7-8-19)20-17(23)16-10-15(22)11-21(16)18(24)14-6-5-12-3-2-4-13(12)9-14/h5-6,9,15-16,22H,2-4,7-8,10-11H2,1H3,(H,20,23). The van der Waals surface area contributed by atoms with E-state index in [4.69, 9.17) is 0 Å². The van der Waals surface area contributed by atoms with Gasteiger partial charge in [-0.1, -0.05) is 6.07 Å². The van der Waals surface area contributed by atoms with E-state index in [9.17, 15) is 14.7 Å². The van der Waals surface area contributed by atoms with Crippen LogP contribution in [0.1, 0.15) is 54.1 Å². The summed E-state index contributed by atoms with van der Waals surface area (Å²) in [5.41, 5.74) is 3.07. The van der Waals surface area contributed by atoms with Gasteiger partial charge in [0.15, 0.2) is 0 Å². The molecule has 2 atom stereocenters. The first-order valence-electron chi connectivity index (χ1n) is 8.88. The van der Waals surface area contributed by atoms with E-state index in [-0.39, 0.29) is 23.9 Å². The van der Waals surface area contributed by atoms with Crippen molar-refractivity contribution in [2.75, 3.05) is 6.54 Å². The van der Waals surface area contributed by atoms with Gasteiger partial charge in [0.1, 0.15) is 6.04 Å². The first-order chi connectivity index (χ1) is 11.5. The van der Waals surface area contributed by atoms with Gasteiger partial charge in [-0.25, -0.2) is 0 Å². The summed E-state index contributed by atoms with van der Waals surface area (Å²) in [6.45, 7) is 2.24. The molecule has 0 radical (unpaired) electrons. The number of β-amino-alcohol motifs (C(OH)–C–C–N with tert-alkyl or cyclic N) is 1. The summed E-state index contributed by atoms with van der Waals surface area (Å²) in [4.78, 5) is 27.0. The molecule has 3 aliphatic rings. The number of aryl methyl sites for hydroxylation is 2. The Bertz CT molecular complexity index is 696. The molecule has 1 heterocycles. The van der Waals surface area contributed by atoms with Gasteiger partial charge in [-0.05, 0) is 62.3 Å². The van der Waals surface area contributed by atoms with E-state index in [2.05, 4.69) is 5.32 Å². The number of hydrogen-bond acceptors (Lipinski definition) is 3. The average Bonchev–Trinajstić information content (AvgIpc) is 2.99. The maximum absolute atomic E-state index is 12.9. The summed E-state index contributed by atoms with van der Waals surface area (Å²) >= 11 is 0. The van der Waals surface area contributed by atoms with Crippen LogP contribution in [0, 0.1) is 0 Å². The molecule has 1 aromatic rings. The smallest absolute Gasteiger partial charge is 0.254 e. The lowest BCUT2D eigenvalue weighted by atomic mass is 10.0. The molecule has 2 fully saturated rings. The molecule has 0 spiro atoms. The molecule has 2 unspecified atom stereocenters. The Balaban J connectivity index is 1.54. The van der Waals surface area contributed by atoms with Crippen LogP contribution in [0.5, 0.6) is 0 Å². The fourth-order valence-corrected chi connectivity index (χ4v) is 3.85. The third-order valence-corrected chi connectivity index (χ3v) is 5.61. The lowest BCUT2D eigenvalue weighted by molar-refractivity contribution is -0.125. The highest BCUT2D eigenvalue weighted by Gasteiger charge is 2.44. The maximum Gasteiger partial charge on any atom is 0.254 e. The van der Waals surface area contributed by atoms with Crippen molar-refractivity contribution in [3.05, 3.63) is 34.9 Å². The molecule has 128 valence electrons. The first kappa shape index (κ1) is 15.6. The second-order valence-corrected chi connectivity index (χ2v) is 7.75. The van der Waals surface area contributed by atoms with Crippen LogP contribution < -0.4 is 5.32 Å². The Morgan fingerprint density at radius 2 is 2.00 bits per heavy atom. The fraction of sp³-hybridized carbons (Fsp3) is 0.579. The van der Waals surface area contributed by atoms with Crippen molar-refractivity contribution in [2.24, 2.45) is 0 Å². The molecular weight excluding hydrogens is 304 g/mol. The van der Waals surface area contributed by atoms with Crippen LogP contribution in [0.3, 0.4) is 0 Å². The number of nitrogens with one attached hydrogen (secondary N) is 1. The number of nitrogens with zero attached hydrogens (tertiary/aromatic N) is 1. The van der Waals surface area contributed by atoms with Gasteiger partial charge < -0.3 is 15.3 Å². The molecule has 0 bridgehead atoms. The van der Waals surface area contributed by atoms with E-state index in [0.717, 1.165) is 32.1 Å². The number of aliphatic hydroxyl groups excluding tert-OH is 1. The van der Waals surface area contributed by atoms with Crippen LogP contribution in [0.25, 0.3) is 0 Å². The van der Waals surface area contributed by atoms with E-state index in [1.807, 2.05) is 25.1 Å². The van der Waals surface area contributed by atoms with Gasteiger partial charge in [-0.3, -0.25) is 9.59 Å². The third-order valence-electron chi connectivity index (χ3n) is 5.61. The summed E-state index contributed by atoms with van der Waals surface area (Å²) in [5.74, 6) is -0.289. The largest absolute Gasteiger partial charge is 0.391 e. The Labute approximate surface area is 142 Å². The summed E-state index contributed by atoms with van der Waals surface area (Å²) in [6, 6.07) is 5.28. The minimum Gasteiger partial charge on any atom is -0.391 e. The molecule has 5 nitrogen and oxygen atoms in total. The van der Waals surface area contributed by atoms with Crippen molar-refractivity contribution in [1.82, 2.24) is 10.2 Å². The van der Waals surface area contributed by atoms with Crippen LogP contribution in [-0.4, -0.2) is 46.1 Å². The molecular formula is C19H24N2O3. The van der Waals surface area contributed by atoms with Gasteiger partial charge in [0, 0.05) is 24.1 Å². The summed E-state index contributed by atoms with van der Waals surface area (Å²) < 4.78 is 0. The topological polar surface area (TPSA) is 69.6 Å². The molecule has 4 rings (SSSR count). The van der Waals surface area contributed by atoms with Gasteiger partial charge in [-0.15, -0.1) is 0 Å². The van der Waals surface area contributed by atoms with Crippen molar-refractivity contribution < 1.29 is 14.7 Å². The van der Waals surface area contributed by atoms with Crippen LogP contribution in [0.2, 0.25) is 0 Å². The molecule has 0 aromatic heterocycles. The van der Waals surface area contributed by atoms with Crippen molar-refractivity contribution in [3.8, 4) is 0 Å². The van der Waals surface area contributed by atoms with Crippen molar-refractivity contribution in [1.29, 1.82) is 0 Å². The number of aliphatic hydroxyl groups is 1. The molecule has 5 heteroatoms. The zero-order chi connectivity index (χ0) is 16.9. The monoisotopic (exact) mass is 328 g/mol. The molecule has 1 saturated heterocycles. The number of benzene rings is 1. The van der Waals surface area contributed by atoms with Crippen molar-refractivity contribution in [2.45, 2.75) is 63.1 Å². The number of carbonyl (C=O) groups is 2. The number of rotatable bonds is 3. The predicted molar refractivity (Wildman–Crippen MR) is 89.7 cm³/mol. The highest BCUT2D eigenvalue weighted by Crippen LogP contribution is 2.35. The Morgan fingerprint density at radius 1 is 1.25 bits per heavy atom. The number of hydrogen-bond donors (Lipinski definition) is 2. The van der Waals surface area contributed by atoms with Crippen LogP contribution in [0.15, 0.2) is 18.2 Å². The number of carbonyl (C=O) groups excluding carboxylic acids is 2. The van der Waals surface area contributed by atoms with E-state index < -0.39 is 12.1 Å². The van der Waals surface area contributed by atoms with Gasteiger partial charge in [0.2, 0.25) is 5.91 Å². The summed E-state index contributed by atoms with van der Waals surface area (Å²) in [7, 11) is 0. The quantitative estimate of drug-likeness (QED) is 0.882. The molecule has 1 saturated carbocycles. The minimum absolute atomic E-state index is 0.118. The van der Waals surface area contributed by atoms with Crippen LogP contribution >= 0.6 is 0 Å². The van der Waals surface area contributed by atoms with E-state index >= 15 is 0 Å². The zero-order valence-corrected chi connectivity index (χ0v) is 14.0. The van der Waals surface area contributed by atoms with Crippen molar-refractivity contribution >= 4 is 11.8 Å². The van der Waals surface area contributed by atoms with Gasteiger partial charge in [0.25, 0.3) is 5.91 Å². The average molecular weight is 328 g/mol. The summed E-state index contributed by atoms with van der Waals surface area (Å²) in [6.07, 6.45) is 4.88. The Kier molecular flexibility index (Phi) is 3.64. The SMILES string of the molecule is CC1(NC(=O)C2CC(O)CN2C(=O)c2ccc3c(c2)CCC3)CC1. The van der Waals surface area contributed by atoms with Crippen LogP contribution in [0.4, 0.5) is 0 Å². The third kappa shape index (κ3) is 2.81. The van der Waals surface area contributed by atoms with E-state index in [0.29, 0.717) is 12.0 Å². The van der Waals surface area contributed by atoms with Gasteiger partial charge in [-0.2, -0.15) is 0 Å². The molecule has 1 aliphatic heterocycles. The second kappa shape index (κ2) is 5.59. The van der Waals surface area contributed by atoms with E-state index in [1.54, 1.807) is 4.90 Å². The second-order valence-electron chi connectivity index (χ2n) is 7.75. The van der Waals surface area contributed by atoms with Gasteiger partial charge in [0.05, 0.1) is 6.10 Å². The lowest BCUT2D eigenvalue weighted by Crippen LogP contribution is -2.49. The zero-order valence-electron chi connectivity index (χ0n) is 14.0. The molecule has 24 heavy (non-hydrogen) atoms. The normalized spacial score (nSPS) is 27.0. The molecule has 2 N–H and O–H groups in total. The van der Waals surface area contributed by atoms with Gasteiger partial charge >= 0.3 is 0 Å². The predicted octanol–water partition coefficient (Wildman–Crippen LogP) is 1.42. The molecule has 2 amide bonds. The highest BCUT2D eigenvalue weighted by molar-refractivity contribution is 5.98. The van der Waals surface area contributed by atoms with E-state index in [1.165, 1.54) is 11.1 Å². The maximum atomic E-state index is 12.9. The Morgan fingerprint density at radius 3 is 2.75 bits per heavy atom. The highest BCUT2D eigenvalue weighted by atomic mass is 16.3. The molecule has 2 aliphatic carbocycles. The molecule has 1 aromatic carbocycles. The first-order valence-corrected chi connectivity index (χ1v) is 8.88. The summed E-state index contributed by atoms with van der Waals surface area (Å²) in [5, 5.41) is 13.0. The van der Waals surface area contributed by atoms with Crippen LogP contribution in [-0.2, 0) is 17.6 Å². The number of likely N-dealkylation sites (tertiary alicyclic amines) is 1. The fourth-order valence-electron chi connectivity index (χ4n) is 3.85. The minimum atomic E-state index is -0.633. The Hall–Kier alpha value is -1.88. The number of fused-ring (bicyclic) bond motifs is 1.